The molecule has 1 aliphatic heterocycles. The maximum atomic E-state index is 4.62. The predicted molar refractivity (Wildman–Crippen MR) is 83.1 cm³/mol. The standard InChI is InChI=1S/C17H22N4/c1-12-5-4-7-18-16(12)11-21-8-6-15(10-21)17-19-13(2)9-14(3)20-17/h4-5,7,9,15H,6,8,10-11H2,1-3H3. The number of likely N-dealkylation sites (tertiary alicyclic amines) is 1. The number of pyridine rings is 1. The minimum atomic E-state index is 0.451. The molecule has 110 valence electrons. The van der Waals surface area contributed by atoms with Gasteiger partial charge in [-0.05, 0) is 51.4 Å². The molecule has 0 radical (unpaired) electrons. The van der Waals surface area contributed by atoms with Crippen molar-refractivity contribution in [2.24, 2.45) is 0 Å². The number of aryl methyl sites for hydroxylation is 3. The van der Waals surface area contributed by atoms with Gasteiger partial charge in [-0.25, -0.2) is 9.97 Å². The van der Waals surface area contributed by atoms with Crippen molar-refractivity contribution in [1.82, 2.24) is 19.9 Å². The Balaban J connectivity index is 1.69. The second-order valence-electron chi connectivity index (χ2n) is 6.00. The molecule has 0 saturated carbocycles. The third-order valence-corrected chi connectivity index (χ3v) is 4.13. The van der Waals surface area contributed by atoms with Crippen LogP contribution in [0.3, 0.4) is 0 Å². The molecule has 4 heteroatoms. The van der Waals surface area contributed by atoms with E-state index in [9.17, 15) is 0 Å². The average Bonchev–Trinajstić information content (AvgIpc) is 2.89. The van der Waals surface area contributed by atoms with Gasteiger partial charge in [0.25, 0.3) is 0 Å². The maximum absolute atomic E-state index is 4.62. The minimum absolute atomic E-state index is 0.451. The average molecular weight is 282 g/mol. The first-order chi connectivity index (χ1) is 10.1. The normalized spacial score (nSPS) is 19.1. The van der Waals surface area contributed by atoms with Crippen molar-refractivity contribution in [3.05, 3.63) is 52.9 Å². The molecule has 0 bridgehead atoms. The summed E-state index contributed by atoms with van der Waals surface area (Å²) in [6.07, 6.45) is 3.01. The summed E-state index contributed by atoms with van der Waals surface area (Å²) in [6, 6.07) is 6.16. The summed E-state index contributed by atoms with van der Waals surface area (Å²) in [4.78, 5) is 16.2. The third-order valence-electron chi connectivity index (χ3n) is 4.13. The largest absolute Gasteiger partial charge is 0.297 e. The van der Waals surface area contributed by atoms with Crippen molar-refractivity contribution in [2.45, 2.75) is 39.7 Å². The van der Waals surface area contributed by atoms with Gasteiger partial charge < -0.3 is 0 Å². The van der Waals surface area contributed by atoms with E-state index in [1.54, 1.807) is 0 Å². The molecule has 4 nitrogen and oxygen atoms in total. The fraction of sp³-hybridized carbons (Fsp3) is 0.471. The Kier molecular flexibility index (Phi) is 3.97. The molecule has 1 fully saturated rings. The first kappa shape index (κ1) is 14.1. The van der Waals surface area contributed by atoms with Crippen LogP contribution < -0.4 is 0 Å². The molecule has 2 aromatic rings. The second-order valence-corrected chi connectivity index (χ2v) is 6.00. The van der Waals surface area contributed by atoms with Crippen LogP contribution in [0, 0.1) is 20.8 Å². The smallest absolute Gasteiger partial charge is 0.133 e. The lowest BCUT2D eigenvalue weighted by Gasteiger charge is -2.16. The predicted octanol–water partition coefficient (Wildman–Crippen LogP) is 2.79. The number of rotatable bonds is 3. The van der Waals surface area contributed by atoms with Crippen molar-refractivity contribution >= 4 is 0 Å². The van der Waals surface area contributed by atoms with E-state index in [0.29, 0.717) is 5.92 Å². The number of aromatic nitrogens is 3. The lowest BCUT2D eigenvalue weighted by Crippen LogP contribution is -2.21. The summed E-state index contributed by atoms with van der Waals surface area (Å²) in [7, 11) is 0. The molecule has 1 saturated heterocycles. The highest BCUT2D eigenvalue weighted by Crippen LogP contribution is 2.26. The van der Waals surface area contributed by atoms with Gasteiger partial charge in [0.1, 0.15) is 5.82 Å². The number of hydrogen-bond acceptors (Lipinski definition) is 4. The molecule has 0 aliphatic carbocycles. The van der Waals surface area contributed by atoms with Gasteiger partial charge in [0.15, 0.2) is 0 Å². The van der Waals surface area contributed by atoms with E-state index in [1.165, 1.54) is 11.3 Å². The van der Waals surface area contributed by atoms with Gasteiger partial charge in [-0.2, -0.15) is 0 Å². The van der Waals surface area contributed by atoms with E-state index in [1.807, 2.05) is 32.2 Å². The minimum Gasteiger partial charge on any atom is -0.297 e. The molecule has 0 aromatic carbocycles. The van der Waals surface area contributed by atoms with Gasteiger partial charge in [-0.3, -0.25) is 9.88 Å². The molecular weight excluding hydrogens is 260 g/mol. The Morgan fingerprint density at radius 3 is 2.67 bits per heavy atom. The fourth-order valence-electron chi connectivity index (χ4n) is 3.02. The van der Waals surface area contributed by atoms with Crippen molar-refractivity contribution in [3.8, 4) is 0 Å². The maximum Gasteiger partial charge on any atom is 0.133 e. The highest BCUT2D eigenvalue weighted by molar-refractivity contribution is 5.18. The first-order valence-electron chi connectivity index (χ1n) is 7.57. The van der Waals surface area contributed by atoms with Crippen LogP contribution in [-0.4, -0.2) is 32.9 Å². The van der Waals surface area contributed by atoms with Crippen LogP contribution in [0.4, 0.5) is 0 Å². The van der Waals surface area contributed by atoms with Crippen molar-refractivity contribution in [1.29, 1.82) is 0 Å². The van der Waals surface area contributed by atoms with Gasteiger partial charge in [0.05, 0.1) is 5.69 Å². The van der Waals surface area contributed by atoms with Crippen LogP contribution in [0.15, 0.2) is 24.4 Å². The first-order valence-corrected chi connectivity index (χ1v) is 7.57. The van der Waals surface area contributed by atoms with E-state index in [2.05, 4.69) is 32.8 Å². The fourth-order valence-corrected chi connectivity index (χ4v) is 3.02. The van der Waals surface area contributed by atoms with E-state index >= 15 is 0 Å². The quantitative estimate of drug-likeness (QED) is 0.868. The molecule has 1 unspecified atom stereocenters. The summed E-state index contributed by atoms with van der Waals surface area (Å²) < 4.78 is 0. The van der Waals surface area contributed by atoms with E-state index in [0.717, 1.165) is 43.3 Å². The zero-order valence-electron chi connectivity index (χ0n) is 13.0. The van der Waals surface area contributed by atoms with E-state index in [4.69, 9.17) is 0 Å². The molecule has 3 heterocycles. The van der Waals surface area contributed by atoms with Crippen molar-refractivity contribution in [3.63, 3.8) is 0 Å². The zero-order chi connectivity index (χ0) is 14.8. The van der Waals surface area contributed by atoms with E-state index < -0.39 is 0 Å². The molecule has 0 spiro atoms. The van der Waals surface area contributed by atoms with Gasteiger partial charge in [0, 0.05) is 36.6 Å². The second kappa shape index (κ2) is 5.90. The van der Waals surface area contributed by atoms with Crippen LogP contribution in [0.2, 0.25) is 0 Å². The van der Waals surface area contributed by atoms with Crippen molar-refractivity contribution < 1.29 is 0 Å². The van der Waals surface area contributed by atoms with Crippen molar-refractivity contribution in [2.75, 3.05) is 13.1 Å². The lowest BCUT2D eigenvalue weighted by molar-refractivity contribution is 0.321. The molecule has 21 heavy (non-hydrogen) atoms. The third kappa shape index (κ3) is 3.27. The summed E-state index contributed by atoms with van der Waals surface area (Å²) in [5.41, 5.74) is 4.58. The number of nitrogens with zero attached hydrogens (tertiary/aromatic N) is 4. The summed E-state index contributed by atoms with van der Waals surface area (Å²) in [5, 5.41) is 0. The van der Waals surface area contributed by atoms with E-state index in [-0.39, 0.29) is 0 Å². The van der Waals surface area contributed by atoms with Crippen LogP contribution in [-0.2, 0) is 6.54 Å². The van der Waals surface area contributed by atoms with Gasteiger partial charge in [0.2, 0.25) is 0 Å². The topological polar surface area (TPSA) is 41.9 Å². The van der Waals surface area contributed by atoms with Crippen LogP contribution >= 0.6 is 0 Å². The SMILES string of the molecule is Cc1cc(C)nc(C2CCN(Cc3ncccc3C)C2)n1. The highest BCUT2D eigenvalue weighted by Gasteiger charge is 2.26. The molecule has 0 amide bonds. The Labute approximate surface area is 126 Å². The van der Waals surface area contributed by atoms with Gasteiger partial charge in [-0.1, -0.05) is 6.07 Å². The van der Waals surface area contributed by atoms with Gasteiger partial charge in [-0.15, -0.1) is 0 Å². The molecule has 0 N–H and O–H groups in total. The Hall–Kier alpha value is -1.81. The molecule has 1 aliphatic rings. The van der Waals surface area contributed by atoms with Gasteiger partial charge >= 0.3 is 0 Å². The lowest BCUT2D eigenvalue weighted by atomic mass is 10.1. The molecule has 2 aromatic heterocycles. The van der Waals surface area contributed by atoms with Crippen LogP contribution in [0.5, 0.6) is 0 Å². The molecule has 1 atom stereocenters. The summed E-state index contributed by atoms with van der Waals surface area (Å²) in [6.45, 7) is 9.26. The Morgan fingerprint density at radius 2 is 1.95 bits per heavy atom. The Morgan fingerprint density at radius 1 is 1.19 bits per heavy atom. The molecule has 3 rings (SSSR count). The molecular formula is C17H22N4. The number of hydrogen-bond donors (Lipinski definition) is 0. The Bertz CT molecular complexity index is 618. The van der Waals surface area contributed by atoms with Crippen LogP contribution in [0.25, 0.3) is 0 Å². The zero-order valence-corrected chi connectivity index (χ0v) is 13.0. The monoisotopic (exact) mass is 282 g/mol. The highest BCUT2D eigenvalue weighted by atomic mass is 15.2. The summed E-state index contributed by atoms with van der Waals surface area (Å²) in [5.74, 6) is 1.46. The van der Waals surface area contributed by atoms with Crippen LogP contribution in [0.1, 0.15) is 40.8 Å². The summed E-state index contributed by atoms with van der Waals surface area (Å²) >= 11 is 0.